The Bertz CT molecular complexity index is 977. The van der Waals surface area contributed by atoms with E-state index in [1.165, 1.54) is 13.2 Å². The molecule has 1 amide bonds. The summed E-state index contributed by atoms with van der Waals surface area (Å²) in [5.41, 5.74) is 1.60. The number of hydrogen-bond acceptors (Lipinski definition) is 4. The monoisotopic (exact) mass is 488 g/mol. The Morgan fingerprint density at radius 3 is 2.63 bits per heavy atom. The molecule has 2 aromatic carbocycles. The van der Waals surface area contributed by atoms with E-state index in [1.807, 2.05) is 30.3 Å². The zero-order valence-electron chi connectivity index (χ0n) is 16.6. The van der Waals surface area contributed by atoms with Gasteiger partial charge in [-0.25, -0.2) is 0 Å². The van der Waals surface area contributed by atoms with Gasteiger partial charge in [-0.3, -0.25) is 4.79 Å². The number of nitriles is 1. The van der Waals surface area contributed by atoms with Crippen molar-refractivity contribution in [2.24, 2.45) is 0 Å². The Morgan fingerprint density at radius 2 is 2.00 bits per heavy atom. The third kappa shape index (κ3) is 5.78. The first-order valence-electron chi connectivity index (χ1n) is 9.67. The Labute approximate surface area is 189 Å². The number of nitrogens with one attached hydrogen (secondary N) is 1. The van der Waals surface area contributed by atoms with E-state index >= 15 is 0 Å². The number of benzene rings is 2. The Balaban J connectivity index is 1.77. The fourth-order valence-corrected chi connectivity index (χ4v) is 3.89. The average molecular weight is 490 g/mol. The van der Waals surface area contributed by atoms with Crippen LogP contribution in [0.2, 0.25) is 5.02 Å². The summed E-state index contributed by atoms with van der Waals surface area (Å²) in [6, 6.07) is 13.2. The highest BCUT2D eigenvalue weighted by Crippen LogP contribution is 2.37. The number of amides is 1. The van der Waals surface area contributed by atoms with Gasteiger partial charge in [-0.1, -0.05) is 52.5 Å². The molecule has 0 unspecified atom stereocenters. The minimum absolute atomic E-state index is 0.0311. The van der Waals surface area contributed by atoms with Crippen molar-refractivity contribution in [1.29, 1.82) is 5.26 Å². The molecule has 3 rings (SSSR count). The topological polar surface area (TPSA) is 71.3 Å². The smallest absolute Gasteiger partial charge is 0.262 e. The van der Waals surface area contributed by atoms with Crippen LogP contribution in [0.15, 0.2) is 46.4 Å². The lowest BCUT2D eigenvalue weighted by Gasteiger charge is -2.14. The van der Waals surface area contributed by atoms with Crippen LogP contribution in [0.5, 0.6) is 11.5 Å². The van der Waals surface area contributed by atoms with Crippen LogP contribution < -0.4 is 14.8 Å². The van der Waals surface area contributed by atoms with Crippen molar-refractivity contribution in [3.63, 3.8) is 0 Å². The van der Waals surface area contributed by atoms with Gasteiger partial charge >= 0.3 is 0 Å². The highest BCUT2D eigenvalue weighted by atomic mass is 79.9. The summed E-state index contributed by atoms with van der Waals surface area (Å²) in [4.78, 5) is 12.4. The van der Waals surface area contributed by atoms with E-state index in [2.05, 4.69) is 21.2 Å². The second-order valence-corrected chi connectivity index (χ2v) is 8.40. The minimum atomic E-state index is -0.366. The maximum absolute atomic E-state index is 12.4. The summed E-state index contributed by atoms with van der Waals surface area (Å²) < 4.78 is 12.3. The predicted octanol–water partition coefficient (Wildman–Crippen LogP) is 5.66. The molecule has 0 spiro atoms. The van der Waals surface area contributed by atoms with Gasteiger partial charge in [-0.2, -0.15) is 5.26 Å². The second-order valence-electron chi connectivity index (χ2n) is 7.07. The summed E-state index contributed by atoms with van der Waals surface area (Å²) in [6.45, 7) is 0.325. The van der Waals surface area contributed by atoms with Gasteiger partial charge in [-0.15, -0.1) is 0 Å². The standard InChI is InChI=1S/C23H22BrClN2O3/c1-29-21-12-16(10-17(13-26)23(28)27-19-4-2-3-5-19)11-20(25)22(21)30-14-15-6-8-18(24)9-7-15/h6-12,19H,2-5,14H2,1H3,(H,27,28)/b17-10-. The third-order valence-corrected chi connectivity index (χ3v) is 5.72. The van der Waals surface area contributed by atoms with Gasteiger partial charge in [0.15, 0.2) is 11.5 Å². The Kier molecular flexibility index (Phi) is 7.78. The molecule has 30 heavy (non-hydrogen) atoms. The fourth-order valence-electron chi connectivity index (χ4n) is 3.35. The molecule has 1 aliphatic rings. The average Bonchev–Trinajstić information content (AvgIpc) is 3.25. The van der Waals surface area contributed by atoms with Crippen molar-refractivity contribution in [2.75, 3.05) is 7.11 Å². The van der Waals surface area contributed by atoms with Crippen LogP contribution in [-0.4, -0.2) is 19.1 Å². The lowest BCUT2D eigenvalue weighted by Crippen LogP contribution is -2.33. The second kappa shape index (κ2) is 10.5. The molecule has 7 heteroatoms. The molecule has 0 aliphatic heterocycles. The molecule has 0 heterocycles. The van der Waals surface area contributed by atoms with Crippen LogP contribution in [0.1, 0.15) is 36.8 Å². The molecule has 1 saturated carbocycles. The summed E-state index contributed by atoms with van der Waals surface area (Å²) in [5.74, 6) is 0.475. The van der Waals surface area contributed by atoms with Crippen LogP contribution in [-0.2, 0) is 11.4 Å². The van der Waals surface area contributed by atoms with E-state index in [9.17, 15) is 10.1 Å². The van der Waals surface area contributed by atoms with E-state index in [1.54, 1.807) is 12.1 Å². The van der Waals surface area contributed by atoms with Gasteiger partial charge in [0, 0.05) is 10.5 Å². The number of halogens is 2. The van der Waals surface area contributed by atoms with Crippen molar-refractivity contribution in [2.45, 2.75) is 38.3 Å². The van der Waals surface area contributed by atoms with Gasteiger partial charge < -0.3 is 14.8 Å². The highest BCUT2D eigenvalue weighted by molar-refractivity contribution is 9.10. The summed E-state index contributed by atoms with van der Waals surface area (Å²) in [5, 5.41) is 12.7. The molecular weight excluding hydrogens is 468 g/mol. The van der Waals surface area contributed by atoms with Crippen LogP contribution in [0.3, 0.4) is 0 Å². The lowest BCUT2D eigenvalue weighted by molar-refractivity contribution is -0.117. The lowest BCUT2D eigenvalue weighted by atomic mass is 10.1. The van der Waals surface area contributed by atoms with E-state index < -0.39 is 0 Å². The van der Waals surface area contributed by atoms with Crippen molar-refractivity contribution in [1.82, 2.24) is 5.32 Å². The maximum Gasteiger partial charge on any atom is 0.262 e. The SMILES string of the molecule is COc1cc(/C=C(/C#N)C(=O)NC2CCCC2)cc(Cl)c1OCc1ccc(Br)cc1. The molecule has 1 N–H and O–H groups in total. The summed E-state index contributed by atoms with van der Waals surface area (Å²) in [7, 11) is 1.52. The van der Waals surface area contributed by atoms with Gasteiger partial charge in [0.25, 0.3) is 5.91 Å². The third-order valence-electron chi connectivity index (χ3n) is 4.91. The van der Waals surface area contributed by atoms with Crippen LogP contribution in [0.25, 0.3) is 6.08 Å². The van der Waals surface area contributed by atoms with E-state index in [0.29, 0.717) is 28.7 Å². The highest BCUT2D eigenvalue weighted by Gasteiger charge is 2.20. The molecule has 1 aliphatic carbocycles. The molecule has 1 fully saturated rings. The number of ether oxygens (including phenoxy) is 2. The Hall–Kier alpha value is -2.49. The first kappa shape index (κ1) is 22.2. The zero-order valence-corrected chi connectivity index (χ0v) is 18.9. The summed E-state index contributed by atoms with van der Waals surface area (Å²) in [6.07, 6.45) is 5.62. The van der Waals surface area contributed by atoms with Crippen molar-refractivity contribution in [3.8, 4) is 17.6 Å². The molecule has 2 aromatic rings. The maximum atomic E-state index is 12.4. The van der Waals surface area contributed by atoms with Crippen molar-refractivity contribution in [3.05, 3.63) is 62.6 Å². The predicted molar refractivity (Wildman–Crippen MR) is 120 cm³/mol. The first-order chi connectivity index (χ1) is 14.5. The largest absolute Gasteiger partial charge is 0.493 e. The van der Waals surface area contributed by atoms with Crippen molar-refractivity contribution < 1.29 is 14.3 Å². The number of carbonyl (C=O) groups is 1. The van der Waals surface area contributed by atoms with E-state index in [4.69, 9.17) is 21.1 Å². The molecule has 0 radical (unpaired) electrons. The van der Waals surface area contributed by atoms with E-state index in [-0.39, 0.29) is 17.5 Å². The van der Waals surface area contributed by atoms with E-state index in [0.717, 1.165) is 35.7 Å². The molecule has 5 nitrogen and oxygen atoms in total. The molecule has 0 saturated heterocycles. The Morgan fingerprint density at radius 1 is 1.30 bits per heavy atom. The quantitative estimate of drug-likeness (QED) is 0.403. The molecule has 156 valence electrons. The van der Waals surface area contributed by atoms with Gasteiger partial charge in [0.05, 0.1) is 12.1 Å². The molecular formula is C23H22BrClN2O3. The number of nitrogens with zero attached hydrogens (tertiary/aromatic N) is 1. The molecule has 0 atom stereocenters. The molecule has 0 aromatic heterocycles. The van der Waals surface area contributed by atoms with Crippen LogP contribution >= 0.6 is 27.5 Å². The van der Waals surface area contributed by atoms with Gasteiger partial charge in [0.2, 0.25) is 0 Å². The summed E-state index contributed by atoms with van der Waals surface area (Å²) >= 11 is 9.83. The zero-order chi connectivity index (χ0) is 21.5. The van der Waals surface area contributed by atoms with Crippen LogP contribution in [0, 0.1) is 11.3 Å². The first-order valence-corrected chi connectivity index (χ1v) is 10.8. The molecule has 0 bridgehead atoms. The van der Waals surface area contributed by atoms with Crippen molar-refractivity contribution >= 4 is 39.5 Å². The van der Waals surface area contributed by atoms with Gasteiger partial charge in [-0.05, 0) is 54.3 Å². The number of carbonyl (C=O) groups excluding carboxylic acids is 1. The normalized spacial score (nSPS) is 14.3. The number of methoxy groups -OCH3 is 1. The van der Waals surface area contributed by atoms with Gasteiger partial charge in [0.1, 0.15) is 18.2 Å². The van der Waals surface area contributed by atoms with Crippen LogP contribution in [0.4, 0.5) is 0 Å². The minimum Gasteiger partial charge on any atom is -0.493 e. The number of hydrogen-bond donors (Lipinski definition) is 1. The fraction of sp³-hybridized carbons (Fsp3) is 0.304. The number of rotatable bonds is 7.